The summed E-state index contributed by atoms with van der Waals surface area (Å²) >= 11 is 0. The van der Waals surface area contributed by atoms with Crippen LogP contribution in [0.3, 0.4) is 0 Å². The van der Waals surface area contributed by atoms with Crippen molar-refractivity contribution in [3.05, 3.63) is 33.2 Å². The summed E-state index contributed by atoms with van der Waals surface area (Å²) in [6.45, 7) is 0. The van der Waals surface area contributed by atoms with Crippen molar-refractivity contribution < 1.29 is 9.59 Å². The van der Waals surface area contributed by atoms with Crippen molar-refractivity contribution in [3.63, 3.8) is 0 Å². The van der Waals surface area contributed by atoms with Crippen LogP contribution in [0.1, 0.15) is 84.2 Å². The zero-order valence-corrected chi connectivity index (χ0v) is 13.5. The van der Waals surface area contributed by atoms with Crippen molar-refractivity contribution in [1.82, 2.24) is 10.3 Å². The number of carbonyl (C=O) groups excluding carboxylic acids is 2. The van der Waals surface area contributed by atoms with E-state index in [0.29, 0.717) is 24.1 Å². The summed E-state index contributed by atoms with van der Waals surface area (Å²) in [5.41, 5.74) is 0.871. The first-order valence-electron chi connectivity index (χ1n) is 8.75. The maximum Gasteiger partial charge on any atom is 0.261 e. The summed E-state index contributed by atoms with van der Waals surface area (Å²) in [5.74, 6) is -0.333. The Morgan fingerprint density at radius 2 is 1.70 bits per heavy atom. The van der Waals surface area contributed by atoms with E-state index in [4.69, 9.17) is 0 Å². The van der Waals surface area contributed by atoms with E-state index >= 15 is 0 Å². The SMILES string of the molecule is O=C1CCCc2[nH]c(=O)c(C(=O)NC3CCCCCCC3)cc21. The molecule has 1 amide bonds. The molecule has 5 heteroatoms. The van der Waals surface area contributed by atoms with E-state index in [0.717, 1.165) is 32.1 Å². The fraction of sp³-hybridized carbons (Fsp3) is 0.611. The largest absolute Gasteiger partial charge is 0.349 e. The number of rotatable bonds is 2. The number of aromatic nitrogens is 1. The second-order valence-corrected chi connectivity index (χ2v) is 6.70. The number of ketones is 1. The average Bonchev–Trinajstić information content (AvgIpc) is 2.49. The van der Waals surface area contributed by atoms with Crippen LogP contribution >= 0.6 is 0 Å². The lowest BCUT2D eigenvalue weighted by Gasteiger charge is -2.21. The second kappa shape index (κ2) is 7.11. The van der Waals surface area contributed by atoms with Crippen LogP contribution in [-0.4, -0.2) is 22.7 Å². The standard InChI is InChI=1S/C18H24N2O3/c21-16-10-6-9-15-13(16)11-14(18(23)20-15)17(22)19-12-7-4-2-1-3-5-8-12/h11-12H,1-10H2,(H,19,22)(H,20,23). The quantitative estimate of drug-likeness (QED) is 0.880. The monoisotopic (exact) mass is 316 g/mol. The molecular formula is C18H24N2O3. The number of hydrogen-bond donors (Lipinski definition) is 2. The molecule has 1 aromatic heterocycles. The van der Waals surface area contributed by atoms with Gasteiger partial charge in [0.25, 0.3) is 11.5 Å². The van der Waals surface area contributed by atoms with E-state index in [-0.39, 0.29) is 28.9 Å². The molecule has 0 saturated heterocycles. The highest BCUT2D eigenvalue weighted by atomic mass is 16.2. The third kappa shape index (κ3) is 3.71. The molecule has 2 aliphatic rings. The smallest absolute Gasteiger partial charge is 0.261 e. The Labute approximate surface area is 135 Å². The van der Waals surface area contributed by atoms with Gasteiger partial charge in [0.15, 0.2) is 5.78 Å². The van der Waals surface area contributed by atoms with Crippen LogP contribution < -0.4 is 10.9 Å². The summed E-state index contributed by atoms with van der Waals surface area (Å²) in [6, 6.07) is 1.63. The van der Waals surface area contributed by atoms with E-state index in [1.54, 1.807) is 0 Å². The zero-order valence-electron chi connectivity index (χ0n) is 13.5. The average molecular weight is 316 g/mol. The Morgan fingerprint density at radius 1 is 1.00 bits per heavy atom. The lowest BCUT2D eigenvalue weighted by molar-refractivity contribution is 0.0929. The third-order valence-corrected chi connectivity index (χ3v) is 4.94. The number of pyridine rings is 1. The lowest BCUT2D eigenvalue weighted by Crippen LogP contribution is -2.38. The van der Waals surface area contributed by atoms with Gasteiger partial charge in [-0.05, 0) is 31.7 Å². The second-order valence-electron chi connectivity index (χ2n) is 6.70. The Bertz CT molecular complexity index is 655. The van der Waals surface area contributed by atoms with Crippen LogP contribution in [0.25, 0.3) is 0 Å². The van der Waals surface area contributed by atoms with Gasteiger partial charge in [-0.3, -0.25) is 14.4 Å². The van der Waals surface area contributed by atoms with Crippen molar-refractivity contribution in [2.45, 2.75) is 70.3 Å². The summed E-state index contributed by atoms with van der Waals surface area (Å²) in [7, 11) is 0. The molecular weight excluding hydrogens is 292 g/mol. The number of fused-ring (bicyclic) bond motifs is 1. The predicted octanol–water partition coefficient (Wildman–Crippen LogP) is 2.74. The minimum absolute atomic E-state index is 0.0162. The Kier molecular flexibility index (Phi) is 4.94. The molecule has 23 heavy (non-hydrogen) atoms. The summed E-state index contributed by atoms with van der Waals surface area (Å²) < 4.78 is 0. The van der Waals surface area contributed by atoms with Gasteiger partial charge in [-0.15, -0.1) is 0 Å². The Hall–Kier alpha value is -1.91. The number of hydrogen-bond acceptors (Lipinski definition) is 3. The maximum atomic E-state index is 12.5. The highest BCUT2D eigenvalue weighted by Crippen LogP contribution is 2.20. The normalized spacial score (nSPS) is 19.6. The van der Waals surface area contributed by atoms with E-state index in [2.05, 4.69) is 10.3 Å². The van der Waals surface area contributed by atoms with Crippen LogP contribution in [0, 0.1) is 0 Å². The molecule has 0 spiro atoms. The number of aromatic amines is 1. The number of nitrogens with one attached hydrogen (secondary N) is 2. The molecule has 1 saturated carbocycles. The first-order chi connectivity index (χ1) is 11.1. The minimum atomic E-state index is -0.387. The van der Waals surface area contributed by atoms with Crippen molar-refractivity contribution in [2.75, 3.05) is 0 Å². The number of aryl methyl sites for hydroxylation is 1. The van der Waals surface area contributed by atoms with Gasteiger partial charge in [-0.1, -0.05) is 32.1 Å². The van der Waals surface area contributed by atoms with Gasteiger partial charge in [-0.2, -0.15) is 0 Å². The summed E-state index contributed by atoms with van der Waals surface area (Å²) in [6.07, 6.45) is 9.79. The molecule has 0 bridgehead atoms. The van der Waals surface area contributed by atoms with Gasteiger partial charge >= 0.3 is 0 Å². The van der Waals surface area contributed by atoms with Gasteiger partial charge in [0, 0.05) is 23.7 Å². The molecule has 0 aliphatic heterocycles. The molecule has 0 unspecified atom stereocenters. The van der Waals surface area contributed by atoms with Crippen LogP contribution in [0.5, 0.6) is 0 Å². The van der Waals surface area contributed by atoms with Crippen molar-refractivity contribution in [1.29, 1.82) is 0 Å². The Morgan fingerprint density at radius 3 is 2.43 bits per heavy atom. The van der Waals surface area contributed by atoms with Gasteiger partial charge in [0.2, 0.25) is 0 Å². The highest BCUT2D eigenvalue weighted by Gasteiger charge is 2.23. The Balaban J connectivity index is 1.77. The molecule has 1 fully saturated rings. The fourth-order valence-electron chi connectivity index (χ4n) is 3.61. The van der Waals surface area contributed by atoms with Crippen molar-refractivity contribution in [2.24, 2.45) is 0 Å². The minimum Gasteiger partial charge on any atom is -0.349 e. The van der Waals surface area contributed by atoms with Gasteiger partial charge in [-0.25, -0.2) is 0 Å². The summed E-state index contributed by atoms with van der Waals surface area (Å²) in [5, 5.41) is 3.00. The van der Waals surface area contributed by atoms with E-state index in [9.17, 15) is 14.4 Å². The van der Waals surface area contributed by atoms with Crippen LogP contribution in [0.2, 0.25) is 0 Å². The molecule has 2 aliphatic carbocycles. The van der Waals surface area contributed by atoms with Gasteiger partial charge in [0.05, 0.1) is 0 Å². The first kappa shape index (κ1) is 16.0. The molecule has 0 atom stereocenters. The van der Waals surface area contributed by atoms with Crippen LogP contribution in [0.4, 0.5) is 0 Å². The number of Topliss-reactive ketones (excluding diaryl/α,β-unsaturated/α-hetero) is 1. The molecule has 2 N–H and O–H groups in total. The molecule has 1 aromatic rings. The highest BCUT2D eigenvalue weighted by molar-refractivity contribution is 6.01. The van der Waals surface area contributed by atoms with Gasteiger partial charge in [0.1, 0.15) is 5.56 Å². The number of carbonyl (C=O) groups is 2. The van der Waals surface area contributed by atoms with Crippen LogP contribution in [-0.2, 0) is 6.42 Å². The molecule has 5 nitrogen and oxygen atoms in total. The number of H-pyrrole nitrogens is 1. The third-order valence-electron chi connectivity index (χ3n) is 4.94. The molecule has 3 rings (SSSR count). The topological polar surface area (TPSA) is 79.0 Å². The molecule has 0 radical (unpaired) electrons. The number of amides is 1. The fourth-order valence-corrected chi connectivity index (χ4v) is 3.61. The molecule has 0 aromatic carbocycles. The molecule has 1 heterocycles. The first-order valence-corrected chi connectivity index (χ1v) is 8.75. The lowest BCUT2D eigenvalue weighted by atomic mass is 9.93. The summed E-state index contributed by atoms with van der Waals surface area (Å²) in [4.78, 5) is 39.4. The van der Waals surface area contributed by atoms with E-state index < -0.39 is 0 Å². The van der Waals surface area contributed by atoms with Crippen molar-refractivity contribution >= 4 is 11.7 Å². The van der Waals surface area contributed by atoms with Gasteiger partial charge < -0.3 is 10.3 Å². The van der Waals surface area contributed by atoms with Crippen LogP contribution in [0.15, 0.2) is 10.9 Å². The maximum absolute atomic E-state index is 12.5. The zero-order chi connectivity index (χ0) is 16.2. The predicted molar refractivity (Wildman–Crippen MR) is 87.9 cm³/mol. The van der Waals surface area contributed by atoms with E-state index in [1.807, 2.05) is 0 Å². The van der Waals surface area contributed by atoms with E-state index in [1.165, 1.54) is 25.3 Å². The molecule has 124 valence electrons. The van der Waals surface area contributed by atoms with Crippen molar-refractivity contribution in [3.8, 4) is 0 Å².